The molecule has 120 valence electrons. The largest absolute Gasteiger partial charge is 0.254 e. The van der Waals surface area contributed by atoms with Crippen molar-refractivity contribution in [1.82, 2.24) is 0 Å². The molecular weight excluding hydrogens is 371 g/mol. The maximum atomic E-state index is 11.9. The van der Waals surface area contributed by atoms with Gasteiger partial charge in [0.1, 0.15) is 5.08 Å². The summed E-state index contributed by atoms with van der Waals surface area (Å²) < 4.78 is 23.8. The van der Waals surface area contributed by atoms with Crippen molar-refractivity contribution in [2.45, 2.75) is 0 Å². The van der Waals surface area contributed by atoms with Crippen LogP contribution in [0.2, 0.25) is 10.0 Å². The second-order valence-electron chi connectivity index (χ2n) is 4.59. The number of hydrogen-bond acceptors (Lipinski definition) is 2. The minimum atomic E-state index is -1.30. The number of benzene rings is 2. The summed E-state index contributed by atoms with van der Waals surface area (Å²) in [6.07, 6.45) is 3.46. The monoisotopic (exact) mass is 384 g/mol. The van der Waals surface area contributed by atoms with Crippen molar-refractivity contribution in [2.75, 3.05) is 5.08 Å². The fraction of sp³-hybridized carbons (Fsp3) is 0.0588. The summed E-state index contributed by atoms with van der Waals surface area (Å²) in [5, 5.41) is 4.44. The zero-order chi connectivity index (χ0) is 16.7. The third-order valence-electron chi connectivity index (χ3n) is 2.80. The lowest BCUT2D eigenvalue weighted by atomic mass is 10.2. The summed E-state index contributed by atoms with van der Waals surface area (Å²) in [5.41, 5.74) is 1.79. The SMILES string of the molecule is O=S(/C=C\c1ccc(Cl)cc1)CS(=O)/C=C/c1ccc(Cl)cc1. The molecule has 0 radical (unpaired) electrons. The average molecular weight is 385 g/mol. The van der Waals surface area contributed by atoms with Gasteiger partial charge in [0, 0.05) is 20.9 Å². The van der Waals surface area contributed by atoms with Crippen molar-refractivity contribution in [3.05, 3.63) is 80.5 Å². The predicted octanol–water partition coefficient (Wildman–Crippen LogP) is 5.09. The molecular formula is C17H14Cl2O2S2. The number of rotatable bonds is 6. The fourth-order valence-corrected chi connectivity index (χ4v) is 4.06. The molecule has 2 nitrogen and oxygen atoms in total. The molecule has 0 aliphatic carbocycles. The Balaban J connectivity index is 1.88. The van der Waals surface area contributed by atoms with Crippen molar-refractivity contribution in [3.63, 3.8) is 0 Å². The van der Waals surface area contributed by atoms with Gasteiger partial charge in [-0.05, 0) is 47.5 Å². The van der Waals surface area contributed by atoms with Crippen molar-refractivity contribution >= 4 is 57.0 Å². The Kier molecular flexibility index (Phi) is 7.24. The first-order chi connectivity index (χ1) is 11.0. The molecule has 0 fully saturated rings. The minimum absolute atomic E-state index is 0.0637. The van der Waals surface area contributed by atoms with Crippen LogP contribution in [-0.4, -0.2) is 13.5 Å². The molecule has 0 heterocycles. The fourth-order valence-electron chi connectivity index (χ4n) is 1.65. The molecule has 2 rings (SSSR count). The Hall–Kier alpha value is -1.20. The topological polar surface area (TPSA) is 34.1 Å². The van der Waals surface area contributed by atoms with Gasteiger partial charge in [0.2, 0.25) is 0 Å². The Morgan fingerprint density at radius 2 is 1.04 bits per heavy atom. The molecule has 0 saturated carbocycles. The van der Waals surface area contributed by atoms with E-state index in [4.69, 9.17) is 23.2 Å². The van der Waals surface area contributed by atoms with Crippen LogP contribution in [0.3, 0.4) is 0 Å². The lowest BCUT2D eigenvalue weighted by Crippen LogP contribution is -1.98. The average Bonchev–Trinajstić information content (AvgIpc) is 2.54. The lowest BCUT2D eigenvalue weighted by molar-refractivity contribution is 0.685. The molecule has 0 N–H and O–H groups in total. The van der Waals surface area contributed by atoms with Crippen LogP contribution in [0, 0.1) is 0 Å². The predicted molar refractivity (Wildman–Crippen MR) is 102 cm³/mol. The molecule has 0 aliphatic heterocycles. The van der Waals surface area contributed by atoms with Crippen LogP contribution in [0.15, 0.2) is 59.3 Å². The molecule has 0 bridgehead atoms. The van der Waals surface area contributed by atoms with Crippen molar-refractivity contribution < 1.29 is 8.42 Å². The Bertz CT molecular complexity index is 686. The van der Waals surface area contributed by atoms with E-state index >= 15 is 0 Å². The molecule has 0 aromatic heterocycles. The van der Waals surface area contributed by atoms with Gasteiger partial charge in [-0.1, -0.05) is 47.5 Å². The van der Waals surface area contributed by atoms with Crippen LogP contribution in [0.1, 0.15) is 11.1 Å². The van der Waals surface area contributed by atoms with Crippen molar-refractivity contribution in [1.29, 1.82) is 0 Å². The standard InChI is InChI=1S/C17H14Cl2O2S2/c18-16-5-1-14(2-6-16)9-11-22(20)13-23(21)12-10-15-3-7-17(19)8-4-15/h1-12H,13H2/b11-9-,12-10+. The zero-order valence-electron chi connectivity index (χ0n) is 12.0. The second kappa shape index (κ2) is 9.18. The third kappa shape index (κ3) is 6.83. The van der Waals surface area contributed by atoms with Gasteiger partial charge in [-0.3, -0.25) is 8.42 Å². The molecule has 2 aromatic carbocycles. The van der Waals surface area contributed by atoms with Crippen molar-refractivity contribution in [3.8, 4) is 0 Å². The number of hydrogen-bond donors (Lipinski definition) is 0. The maximum Gasteiger partial charge on any atom is 0.107 e. The van der Waals surface area contributed by atoms with Gasteiger partial charge in [0.25, 0.3) is 0 Å². The molecule has 2 unspecified atom stereocenters. The van der Waals surface area contributed by atoms with Gasteiger partial charge < -0.3 is 0 Å². The van der Waals surface area contributed by atoms with Gasteiger partial charge >= 0.3 is 0 Å². The molecule has 23 heavy (non-hydrogen) atoms. The quantitative estimate of drug-likeness (QED) is 0.694. The smallest absolute Gasteiger partial charge is 0.107 e. The highest BCUT2D eigenvalue weighted by Crippen LogP contribution is 2.12. The highest BCUT2D eigenvalue weighted by Gasteiger charge is 2.00. The van der Waals surface area contributed by atoms with Crippen LogP contribution in [0.5, 0.6) is 0 Å². The van der Waals surface area contributed by atoms with Crippen LogP contribution in [-0.2, 0) is 21.6 Å². The molecule has 0 aliphatic rings. The summed E-state index contributed by atoms with van der Waals surface area (Å²) in [6, 6.07) is 14.4. The third-order valence-corrected chi connectivity index (χ3v) is 6.04. The first-order valence-corrected chi connectivity index (χ1v) is 10.2. The highest BCUT2D eigenvalue weighted by atomic mass is 35.5. The van der Waals surface area contributed by atoms with Gasteiger partial charge in [-0.15, -0.1) is 0 Å². The minimum Gasteiger partial charge on any atom is -0.254 e. The van der Waals surface area contributed by atoms with Crippen LogP contribution in [0.4, 0.5) is 0 Å². The van der Waals surface area contributed by atoms with Gasteiger partial charge in [0.05, 0.1) is 21.6 Å². The summed E-state index contributed by atoms with van der Waals surface area (Å²) in [4.78, 5) is 0. The van der Waals surface area contributed by atoms with E-state index in [0.29, 0.717) is 10.0 Å². The molecule has 2 atom stereocenters. The summed E-state index contributed by atoms with van der Waals surface area (Å²) in [5.74, 6) is 0. The van der Waals surface area contributed by atoms with E-state index in [1.54, 1.807) is 36.4 Å². The molecule has 6 heteroatoms. The van der Waals surface area contributed by atoms with Crippen molar-refractivity contribution in [2.24, 2.45) is 0 Å². The first kappa shape index (κ1) is 18.1. The summed E-state index contributed by atoms with van der Waals surface area (Å²) >= 11 is 11.6. The number of halogens is 2. The van der Waals surface area contributed by atoms with E-state index in [0.717, 1.165) is 11.1 Å². The Morgan fingerprint density at radius 3 is 1.39 bits per heavy atom. The van der Waals surface area contributed by atoms with Gasteiger partial charge in [0.15, 0.2) is 0 Å². The highest BCUT2D eigenvalue weighted by molar-refractivity contribution is 8.04. The van der Waals surface area contributed by atoms with E-state index in [1.807, 2.05) is 24.3 Å². The Morgan fingerprint density at radius 1 is 0.696 bits per heavy atom. The van der Waals surface area contributed by atoms with E-state index < -0.39 is 21.6 Å². The zero-order valence-corrected chi connectivity index (χ0v) is 15.2. The normalized spacial score (nSPS) is 14.3. The van der Waals surface area contributed by atoms with Crippen LogP contribution < -0.4 is 0 Å². The van der Waals surface area contributed by atoms with E-state index in [-0.39, 0.29) is 5.08 Å². The second-order valence-corrected chi connectivity index (χ2v) is 8.47. The van der Waals surface area contributed by atoms with E-state index in [2.05, 4.69) is 0 Å². The van der Waals surface area contributed by atoms with Gasteiger partial charge in [-0.2, -0.15) is 0 Å². The molecule has 0 saturated heterocycles. The molecule has 0 spiro atoms. The molecule has 0 amide bonds. The summed E-state index contributed by atoms with van der Waals surface area (Å²) in [6.45, 7) is 0. The molecule has 2 aromatic rings. The van der Waals surface area contributed by atoms with Crippen LogP contribution >= 0.6 is 23.2 Å². The maximum absolute atomic E-state index is 11.9. The van der Waals surface area contributed by atoms with Gasteiger partial charge in [-0.25, -0.2) is 0 Å². The Labute approximate surface area is 150 Å². The lowest BCUT2D eigenvalue weighted by Gasteiger charge is -1.96. The van der Waals surface area contributed by atoms with E-state index in [1.165, 1.54) is 10.8 Å². The summed E-state index contributed by atoms with van der Waals surface area (Å²) in [7, 11) is -2.61. The van der Waals surface area contributed by atoms with Crippen LogP contribution in [0.25, 0.3) is 12.2 Å². The van der Waals surface area contributed by atoms with E-state index in [9.17, 15) is 8.42 Å². The first-order valence-electron chi connectivity index (χ1n) is 6.65.